The summed E-state index contributed by atoms with van der Waals surface area (Å²) in [5.41, 5.74) is 0.498. The zero-order valence-corrected chi connectivity index (χ0v) is 15.0. The lowest BCUT2D eigenvalue weighted by Gasteiger charge is -2.30. The summed E-state index contributed by atoms with van der Waals surface area (Å²) in [5, 5.41) is 9.19. The van der Waals surface area contributed by atoms with Crippen LogP contribution in [0.3, 0.4) is 0 Å². The molecule has 138 valence electrons. The molecule has 1 aliphatic rings. The van der Waals surface area contributed by atoms with Crippen LogP contribution in [0.25, 0.3) is 0 Å². The van der Waals surface area contributed by atoms with Crippen molar-refractivity contribution in [2.45, 2.75) is 39.5 Å². The Hall–Kier alpha value is -2.24. The Morgan fingerprint density at radius 2 is 2.04 bits per heavy atom. The molecule has 6 nitrogen and oxygen atoms in total. The number of benzene rings is 1. The van der Waals surface area contributed by atoms with E-state index in [0.29, 0.717) is 49.7 Å². The topological polar surface area (TPSA) is 76.1 Å². The van der Waals surface area contributed by atoms with Crippen LogP contribution in [-0.2, 0) is 4.79 Å². The Morgan fingerprint density at radius 3 is 2.72 bits per heavy atom. The summed E-state index contributed by atoms with van der Waals surface area (Å²) in [4.78, 5) is 25.5. The van der Waals surface area contributed by atoms with E-state index in [1.54, 1.807) is 23.1 Å². The summed E-state index contributed by atoms with van der Waals surface area (Å²) in [6, 6.07) is 5.17. The SMILES string of the molecule is CCCCOc1ccc(C(=O)N2CCC[C@H](C(=O)O)C2)cc1OCC. The van der Waals surface area contributed by atoms with Gasteiger partial charge in [-0.25, -0.2) is 0 Å². The lowest BCUT2D eigenvalue weighted by Crippen LogP contribution is -2.42. The standard InChI is InChI=1S/C19H27NO5/c1-3-5-11-25-16-9-8-14(12-17(16)24-4-2)18(21)20-10-6-7-15(13-20)19(22)23/h8-9,12,15H,3-7,10-11,13H2,1-2H3,(H,22,23)/t15-/m0/s1. The largest absolute Gasteiger partial charge is 0.490 e. The maximum Gasteiger partial charge on any atom is 0.308 e. The normalized spacial score (nSPS) is 17.2. The quantitative estimate of drug-likeness (QED) is 0.729. The van der Waals surface area contributed by atoms with E-state index in [-0.39, 0.29) is 12.5 Å². The van der Waals surface area contributed by atoms with Crippen molar-refractivity contribution in [2.24, 2.45) is 5.92 Å². The molecule has 2 rings (SSSR count). The smallest absolute Gasteiger partial charge is 0.308 e. The molecule has 0 spiro atoms. The number of carboxylic acids is 1. The summed E-state index contributed by atoms with van der Waals surface area (Å²) in [7, 11) is 0. The molecule has 0 aromatic heterocycles. The Bertz CT molecular complexity index is 601. The van der Waals surface area contributed by atoms with Crippen LogP contribution in [0.4, 0.5) is 0 Å². The summed E-state index contributed by atoms with van der Waals surface area (Å²) in [5.74, 6) is -0.301. The van der Waals surface area contributed by atoms with Crippen LogP contribution < -0.4 is 9.47 Å². The van der Waals surface area contributed by atoms with Gasteiger partial charge in [-0.2, -0.15) is 0 Å². The number of unbranched alkanes of at least 4 members (excludes halogenated alkanes) is 1. The molecule has 6 heteroatoms. The molecule has 0 aliphatic carbocycles. The van der Waals surface area contributed by atoms with E-state index in [4.69, 9.17) is 9.47 Å². The zero-order chi connectivity index (χ0) is 18.2. The van der Waals surface area contributed by atoms with Gasteiger partial charge in [-0.05, 0) is 44.4 Å². The van der Waals surface area contributed by atoms with Gasteiger partial charge >= 0.3 is 5.97 Å². The number of amides is 1. The summed E-state index contributed by atoms with van der Waals surface area (Å²) < 4.78 is 11.3. The van der Waals surface area contributed by atoms with E-state index in [9.17, 15) is 14.7 Å². The van der Waals surface area contributed by atoms with Crippen LogP contribution in [0.5, 0.6) is 11.5 Å². The number of rotatable bonds is 8. The molecule has 1 aliphatic heterocycles. The highest BCUT2D eigenvalue weighted by Gasteiger charge is 2.29. The molecule has 0 unspecified atom stereocenters. The molecule has 0 bridgehead atoms. The number of carbonyl (C=O) groups is 2. The second-order valence-corrected chi connectivity index (χ2v) is 6.23. The molecule has 1 N–H and O–H groups in total. The van der Waals surface area contributed by atoms with Crippen LogP contribution >= 0.6 is 0 Å². The van der Waals surface area contributed by atoms with E-state index in [1.165, 1.54) is 0 Å². The molecule has 0 saturated carbocycles. The first-order chi connectivity index (χ1) is 12.1. The number of hydrogen-bond acceptors (Lipinski definition) is 4. The van der Waals surface area contributed by atoms with Gasteiger partial charge in [-0.1, -0.05) is 13.3 Å². The fraction of sp³-hybridized carbons (Fsp3) is 0.579. The predicted octanol–water partition coefficient (Wildman–Crippen LogP) is 3.20. The summed E-state index contributed by atoms with van der Waals surface area (Å²) >= 11 is 0. The molecule has 1 heterocycles. The number of nitrogens with zero attached hydrogens (tertiary/aromatic N) is 1. The van der Waals surface area contributed by atoms with Crippen molar-refractivity contribution in [3.8, 4) is 11.5 Å². The first-order valence-corrected chi connectivity index (χ1v) is 8.98. The predicted molar refractivity (Wildman–Crippen MR) is 94.3 cm³/mol. The third kappa shape index (κ3) is 5.11. The highest BCUT2D eigenvalue weighted by atomic mass is 16.5. The summed E-state index contributed by atoms with van der Waals surface area (Å²) in [6.07, 6.45) is 3.32. The maximum atomic E-state index is 12.7. The van der Waals surface area contributed by atoms with Crippen LogP contribution in [0.15, 0.2) is 18.2 Å². The van der Waals surface area contributed by atoms with Gasteiger partial charge in [-0.15, -0.1) is 0 Å². The second-order valence-electron chi connectivity index (χ2n) is 6.23. The van der Waals surface area contributed by atoms with E-state index < -0.39 is 11.9 Å². The average molecular weight is 349 g/mol. The number of carbonyl (C=O) groups excluding carboxylic acids is 1. The van der Waals surface area contributed by atoms with E-state index in [1.807, 2.05) is 6.92 Å². The van der Waals surface area contributed by atoms with Crippen molar-refractivity contribution < 1.29 is 24.2 Å². The van der Waals surface area contributed by atoms with Crippen LogP contribution in [0.1, 0.15) is 49.9 Å². The zero-order valence-electron chi connectivity index (χ0n) is 15.0. The number of aliphatic carboxylic acids is 1. The first kappa shape index (κ1) is 19.1. The molecule has 25 heavy (non-hydrogen) atoms. The Kier molecular flexibility index (Phi) is 7.10. The van der Waals surface area contributed by atoms with E-state index >= 15 is 0 Å². The fourth-order valence-corrected chi connectivity index (χ4v) is 2.90. The number of carboxylic acid groups (broad SMARTS) is 1. The average Bonchev–Trinajstić information content (AvgIpc) is 2.62. The Balaban J connectivity index is 2.13. The fourth-order valence-electron chi connectivity index (χ4n) is 2.90. The molecular formula is C19H27NO5. The third-order valence-corrected chi connectivity index (χ3v) is 4.30. The second kappa shape index (κ2) is 9.30. The van der Waals surface area contributed by atoms with E-state index in [0.717, 1.165) is 12.8 Å². The first-order valence-electron chi connectivity index (χ1n) is 8.98. The Labute approximate surface area is 148 Å². The van der Waals surface area contributed by atoms with Crippen LogP contribution in [0.2, 0.25) is 0 Å². The molecule has 0 radical (unpaired) electrons. The number of hydrogen-bond donors (Lipinski definition) is 1. The maximum absolute atomic E-state index is 12.7. The van der Waals surface area contributed by atoms with Crippen molar-refractivity contribution in [3.05, 3.63) is 23.8 Å². The minimum absolute atomic E-state index is 0.160. The van der Waals surface area contributed by atoms with E-state index in [2.05, 4.69) is 6.92 Å². The molecule has 1 amide bonds. The van der Waals surface area contributed by atoms with Crippen molar-refractivity contribution in [1.82, 2.24) is 4.90 Å². The number of piperidine rings is 1. The highest BCUT2D eigenvalue weighted by molar-refractivity contribution is 5.95. The van der Waals surface area contributed by atoms with Gasteiger partial charge in [-0.3, -0.25) is 9.59 Å². The minimum atomic E-state index is -0.841. The van der Waals surface area contributed by atoms with Gasteiger partial charge in [0.05, 0.1) is 19.1 Å². The van der Waals surface area contributed by atoms with Crippen molar-refractivity contribution in [3.63, 3.8) is 0 Å². The van der Waals surface area contributed by atoms with Gasteiger partial charge in [0.1, 0.15) is 0 Å². The highest BCUT2D eigenvalue weighted by Crippen LogP contribution is 2.30. The Morgan fingerprint density at radius 1 is 1.24 bits per heavy atom. The molecule has 1 aromatic rings. The third-order valence-electron chi connectivity index (χ3n) is 4.30. The van der Waals surface area contributed by atoms with Gasteiger partial charge < -0.3 is 19.5 Å². The lowest BCUT2D eigenvalue weighted by atomic mass is 9.97. The molecule has 1 atom stereocenters. The minimum Gasteiger partial charge on any atom is -0.490 e. The molecule has 1 aromatic carbocycles. The van der Waals surface area contributed by atoms with Crippen molar-refractivity contribution >= 4 is 11.9 Å². The number of ether oxygens (including phenoxy) is 2. The van der Waals surface area contributed by atoms with Crippen LogP contribution in [0, 0.1) is 5.92 Å². The van der Waals surface area contributed by atoms with Crippen molar-refractivity contribution in [1.29, 1.82) is 0 Å². The van der Waals surface area contributed by atoms with Crippen LogP contribution in [-0.4, -0.2) is 48.2 Å². The van der Waals surface area contributed by atoms with Crippen molar-refractivity contribution in [2.75, 3.05) is 26.3 Å². The van der Waals surface area contributed by atoms with Gasteiger partial charge in [0.25, 0.3) is 5.91 Å². The molecule has 1 fully saturated rings. The lowest BCUT2D eigenvalue weighted by molar-refractivity contribution is -0.143. The monoisotopic (exact) mass is 349 g/mol. The number of likely N-dealkylation sites (tertiary alicyclic amines) is 1. The van der Waals surface area contributed by atoms with Gasteiger partial charge in [0.15, 0.2) is 11.5 Å². The summed E-state index contributed by atoms with van der Waals surface area (Å²) in [6.45, 7) is 5.90. The van der Waals surface area contributed by atoms with Gasteiger partial charge in [0.2, 0.25) is 0 Å². The molecule has 1 saturated heterocycles. The van der Waals surface area contributed by atoms with Gasteiger partial charge in [0, 0.05) is 18.7 Å². The molecular weight excluding hydrogens is 322 g/mol.